The van der Waals surface area contributed by atoms with E-state index in [1.165, 1.54) is 0 Å². The number of nitrogens with two attached hydrogens (primary N) is 1. The molecule has 0 amide bonds. The second-order valence-electron chi connectivity index (χ2n) is 3.74. The monoisotopic (exact) mass is 194 g/mol. The van der Waals surface area contributed by atoms with Gasteiger partial charge in [-0.1, -0.05) is 19.9 Å². The van der Waals surface area contributed by atoms with Crippen molar-refractivity contribution in [3.63, 3.8) is 0 Å². The van der Waals surface area contributed by atoms with Gasteiger partial charge in [-0.05, 0) is 17.9 Å². The predicted molar refractivity (Wildman–Crippen MR) is 57.1 cm³/mol. The van der Waals surface area contributed by atoms with E-state index in [0.29, 0.717) is 18.3 Å². The summed E-state index contributed by atoms with van der Waals surface area (Å²) in [6.45, 7) is 5.61. The Morgan fingerprint density at radius 2 is 2.21 bits per heavy atom. The van der Waals surface area contributed by atoms with Gasteiger partial charge in [-0.2, -0.15) is 0 Å². The van der Waals surface area contributed by atoms with E-state index in [1.54, 1.807) is 6.20 Å². The maximum Gasteiger partial charge on any atom is 0.213 e. The summed E-state index contributed by atoms with van der Waals surface area (Å²) in [7, 11) is 0. The Hall–Kier alpha value is -1.09. The number of rotatable bonds is 5. The highest BCUT2D eigenvalue weighted by Gasteiger charge is 1.97. The molecule has 78 valence electrons. The highest BCUT2D eigenvalue weighted by Crippen LogP contribution is 2.08. The van der Waals surface area contributed by atoms with E-state index in [2.05, 4.69) is 18.8 Å². The molecule has 0 aliphatic heterocycles. The molecule has 0 aromatic carbocycles. The summed E-state index contributed by atoms with van der Waals surface area (Å²) < 4.78 is 5.46. The Bertz CT molecular complexity index is 256. The molecule has 2 N–H and O–H groups in total. The van der Waals surface area contributed by atoms with Crippen LogP contribution in [-0.4, -0.2) is 11.6 Å². The molecule has 0 aliphatic rings. The number of hydrogen-bond donors (Lipinski definition) is 1. The number of aromatic nitrogens is 1. The first-order valence-corrected chi connectivity index (χ1v) is 5.00. The quantitative estimate of drug-likeness (QED) is 0.779. The highest BCUT2D eigenvalue weighted by molar-refractivity contribution is 5.17. The Kier molecular flexibility index (Phi) is 4.40. The van der Waals surface area contributed by atoms with Crippen LogP contribution in [0, 0.1) is 5.92 Å². The third kappa shape index (κ3) is 3.75. The second-order valence-corrected chi connectivity index (χ2v) is 3.74. The van der Waals surface area contributed by atoms with Crippen molar-refractivity contribution in [3.8, 4) is 5.88 Å². The standard InChI is InChI=1S/C11H18N2O/c1-9(2)5-6-14-11-4-3-10(7-12)8-13-11/h3-4,8-9H,5-7,12H2,1-2H3. The van der Waals surface area contributed by atoms with Crippen LogP contribution in [0.2, 0.25) is 0 Å². The van der Waals surface area contributed by atoms with Crippen LogP contribution in [0.1, 0.15) is 25.8 Å². The molecule has 0 aliphatic carbocycles. The molecule has 3 heteroatoms. The lowest BCUT2D eigenvalue weighted by atomic mass is 10.1. The fourth-order valence-electron chi connectivity index (χ4n) is 1.02. The van der Waals surface area contributed by atoms with E-state index in [1.807, 2.05) is 12.1 Å². The lowest BCUT2D eigenvalue weighted by molar-refractivity contribution is 0.279. The third-order valence-electron chi connectivity index (χ3n) is 1.98. The van der Waals surface area contributed by atoms with Crippen LogP contribution in [0.4, 0.5) is 0 Å². The van der Waals surface area contributed by atoms with Crippen LogP contribution >= 0.6 is 0 Å². The fourth-order valence-corrected chi connectivity index (χ4v) is 1.02. The first kappa shape index (κ1) is 11.0. The van der Waals surface area contributed by atoms with Gasteiger partial charge in [-0.15, -0.1) is 0 Å². The van der Waals surface area contributed by atoms with E-state index < -0.39 is 0 Å². The van der Waals surface area contributed by atoms with Gasteiger partial charge in [0.25, 0.3) is 0 Å². The summed E-state index contributed by atoms with van der Waals surface area (Å²) >= 11 is 0. The van der Waals surface area contributed by atoms with E-state index in [4.69, 9.17) is 10.5 Å². The second kappa shape index (κ2) is 5.60. The molecular weight excluding hydrogens is 176 g/mol. The summed E-state index contributed by atoms with van der Waals surface area (Å²) in [6, 6.07) is 3.81. The van der Waals surface area contributed by atoms with Crippen LogP contribution in [-0.2, 0) is 6.54 Å². The summed E-state index contributed by atoms with van der Waals surface area (Å²) in [5, 5.41) is 0. The van der Waals surface area contributed by atoms with Crippen molar-refractivity contribution in [2.45, 2.75) is 26.8 Å². The minimum atomic E-state index is 0.527. The number of ether oxygens (including phenoxy) is 1. The molecule has 1 aromatic heterocycles. The largest absolute Gasteiger partial charge is 0.478 e. The van der Waals surface area contributed by atoms with E-state index >= 15 is 0 Å². The van der Waals surface area contributed by atoms with Gasteiger partial charge in [0.2, 0.25) is 5.88 Å². The van der Waals surface area contributed by atoms with Gasteiger partial charge in [0.05, 0.1) is 6.61 Å². The molecule has 0 saturated carbocycles. The predicted octanol–water partition coefficient (Wildman–Crippen LogP) is 1.97. The average Bonchev–Trinajstić information content (AvgIpc) is 2.18. The molecule has 0 bridgehead atoms. The lowest BCUT2D eigenvalue weighted by Crippen LogP contribution is -2.03. The topological polar surface area (TPSA) is 48.1 Å². The molecule has 0 radical (unpaired) electrons. The maximum absolute atomic E-state index is 5.46. The Balaban J connectivity index is 2.36. The van der Waals surface area contributed by atoms with Gasteiger partial charge in [0, 0.05) is 18.8 Å². The van der Waals surface area contributed by atoms with Gasteiger partial charge in [-0.3, -0.25) is 0 Å². The summed E-state index contributed by atoms with van der Waals surface area (Å²) in [5.41, 5.74) is 6.49. The molecule has 1 rings (SSSR count). The molecule has 0 spiro atoms. The number of pyridine rings is 1. The molecule has 1 heterocycles. The minimum Gasteiger partial charge on any atom is -0.478 e. The molecule has 0 unspecified atom stereocenters. The minimum absolute atomic E-state index is 0.527. The zero-order valence-electron chi connectivity index (χ0n) is 8.86. The normalized spacial score (nSPS) is 10.6. The van der Waals surface area contributed by atoms with Gasteiger partial charge in [-0.25, -0.2) is 4.98 Å². The van der Waals surface area contributed by atoms with Crippen molar-refractivity contribution >= 4 is 0 Å². The molecule has 0 saturated heterocycles. The van der Waals surface area contributed by atoms with Crippen LogP contribution in [0.15, 0.2) is 18.3 Å². The van der Waals surface area contributed by atoms with E-state index in [0.717, 1.165) is 18.6 Å². The summed E-state index contributed by atoms with van der Waals surface area (Å²) in [4.78, 5) is 4.14. The zero-order chi connectivity index (χ0) is 10.4. The van der Waals surface area contributed by atoms with Gasteiger partial charge in [0.1, 0.15) is 0 Å². The van der Waals surface area contributed by atoms with Crippen molar-refractivity contribution in [3.05, 3.63) is 23.9 Å². The SMILES string of the molecule is CC(C)CCOc1ccc(CN)cn1. The third-order valence-corrected chi connectivity index (χ3v) is 1.98. The van der Waals surface area contributed by atoms with Crippen LogP contribution in [0.5, 0.6) is 5.88 Å². The lowest BCUT2D eigenvalue weighted by Gasteiger charge is -2.07. The van der Waals surface area contributed by atoms with Crippen LogP contribution < -0.4 is 10.5 Å². The van der Waals surface area contributed by atoms with Crippen molar-refractivity contribution in [2.24, 2.45) is 11.7 Å². The molecule has 0 fully saturated rings. The van der Waals surface area contributed by atoms with Gasteiger partial charge in [0.15, 0.2) is 0 Å². The van der Waals surface area contributed by atoms with Crippen molar-refractivity contribution in [1.29, 1.82) is 0 Å². The van der Waals surface area contributed by atoms with Gasteiger partial charge >= 0.3 is 0 Å². The Morgan fingerprint density at radius 1 is 1.43 bits per heavy atom. The number of hydrogen-bond acceptors (Lipinski definition) is 3. The highest BCUT2D eigenvalue weighted by atomic mass is 16.5. The smallest absolute Gasteiger partial charge is 0.213 e. The van der Waals surface area contributed by atoms with E-state index in [-0.39, 0.29) is 0 Å². The Morgan fingerprint density at radius 3 is 2.71 bits per heavy atom. The average molecular weight is 194 g/mol. The van der Waals surface area contributed by atoms with Crippen molar-refractivity contribution in [2.75, 3.05) is 6.61 Å². The first-order valence-electron chi connectivity index (χ1n) is 5.00. The fraction of sp³-hybridized carbons (Fsp3) is 0.545. The number of nitrogens with zero attached hydrogens (tertiary/aromatic N) is 1. The Labute approximate surface area is 85.3 Å². The molecule has 3 nitrogen and oxygen atoms in total. The zero-order valence-corrected chi connectivity index (χ0v) is 8.86. The molecular formula is C11H18N2O. The first-order chi connectivity index (χ1) is 6.72. The van der Waals surface area contributed by atoms with Crippen molar-refractivity contribution < 1.29 is 4.74 Å². The van der Waals surface area contributed by atoms with Gasteiger partial charge < -0.3 is 10.5 Å². The molecule has 1 aromatic rings. The maximum atomic E-state index is 5.46. The molecule has 14 heavy (non-hydrogen) atoms. The summed E-state index contributed by atoms with van der Waals surface area (Å²) in [5.74, 6) is 1.35. The van der Waals surface area contributed by atoms with Crippen LogP contribution in [0.25, 0.3) is 0 Å². The van der Waals surface area contributed by atoms with Crippen molar-refractivity contribution in [1.82, 2.24) is 4.98 Å². The summed E-state index contributed by atoms with van der Waals surface area (Å²) in [6.07, 6.45) is 2.81. The van der Waals surface area contributed by atoms with Crippen LogP contribution in [0.3, 0.4) is 0 Å². The van der Waals surface area contributed by atoms with E-state index in [9.17, 15) is 0 Å². The molecule has 0 atom stereocenters.